The smallest absolute Gasteiger partial charge is 0.150 e. The Morgan fingerprint density at radius 3 is 2.19 bits per heavy atom. The van der Waals surface area contributed by atoms with Crippen LogP contribution in [0, 0.1) is 6.92 Å². The van der Waals surface area contributed by atoms with Crippen LogP contribution in [0.5, 0.6) is 5.75 Å². The highest BCUT2D eigenvalue weighted by atomic mass is 16.5. The van der Waals surface area contributed by atoms with Crippen molar-refractivity contribution in [2.45, 2.75) is 13.5 Å². The van der Waals surface area contributed by atoms with Crippen LogP contribution in [0.25, 0.3) is 11.0 Å². The molecule has 0 unspecified atom stereocenters. The molecule has 5 heteroatoms. The van der Waals surface area contributed by atoms with Gasteiger partial charge in [-0.15, -0.1) is 0 Å². The Bertz CT molecular complexity index is 886. The van der Waals surface area contributed by atoms with Crippen molar-refractivity contribution in [2.24, 2.45) is 0 Å². The van der Waals surface area contributed by atoms with Crippen molar-refractivity contribution < 1.29 is 4.74 Å². The van der Waals surface area contributed by atoms with E-state index in [1.165, 1.54) is 5.56 Å². The minimum absolute atomic E-state index is 0.906. The summed E-state index contributed by atoms with van der Waals surface area (Å²) in [5.74, 6) is 1.93. The van der Waals surface area contributed by atoms with Gasteiger partial charge in [0.05, 0.1) is 23.8 Å². The maximum absolute atomic E-state index is 5.23. The van der Waals surface area contributed by atoms with Gasteiger partial charge in [0.25, 0.3) is 0 Å². The van der Waals surface area contributed by atoms with Crippen LogP contribution in [0.1, 0.15) is 11.3 Å². The number of aryl methyl sites for hydroxylation is 1. The van der Waals surface area contributed by atoms with Gasteiger partial charge in [0.1, 0.15) is 5.75 Å². The van der Waals surface area contributed by atoms with Crippen molar-refractivity contribution in [1.29, 1.82) is 0 Å². The number of fused-ring (bicyclic) bond motifs is 1. The molecule has 5 nitrogen and oxygen atoms in total. The summed E-state index contributed by atoms with van der Waals surface area (Å²) in [6.45, 7) is 7.03. The average Bonchev–Trinajstić information content (AvgIpc) is 2.69. The van der Waals surface area contributed by atoms with Gasteiger partial charge in [-0.1, -0.05) is 24.3 Å². The third-order valence-electron chi connectivity index (χ3n) is 4.96. The molecule has 2 heterocycles. The van der Waals surface area contributed by atoms with Crippen LogP contribution in [-0.2, 0) is 6.54 Å². The number of nitrogens with zero attached hydrogens (tertiary/aromatic N) is 4. The lowest BCUT2D eigenvalue weighted by atomic mass is 10.2. The summed E-state index contributed by atoms with van der Waals surface area (Å²) < 4.78 is 5.23. The fourth-order valence-corrected chi connectivity index (χ4v) is 3.49. The molecule has 26 heavy (non-hydrogen) atoms. The van der Waals surface area contributed by atoms with Crippen molar-refractivity contribution in [3.63, 3.8) is 0 Å². The molecular formula is C21H24N4O. The molecule has 2 aromatic carbocycles. The van der Waals surface area contributed by atoms with Gasteiger partial charge >= 0.3 is 0 Å². The topological polar surface area (TPSA) is 41.5 Å². The molecule has 0 bridgehead atoms. The molecule has 1 saturated heterocycles. The standard InChI is InChI=1S/C21H24N4O/c1-16-21(23-20-6-4-3-5-19(20)22-16)25-13-11-24(12-14-25)15-17-7-9-18(26-2)10-8-17/h3-10H,11-15H2,1-2H3. The summed E-state index contributed by atoms with van der Waals surface area (Å²) in [6, 6.07) is 16.4. The minimum atomic E-state index is 0.906. The van der Waals surface area contributed by atoms with E-state index >= 15 is 0 Å². The van der Waals surface area contributed by atoms with E-state index < -0.39 is 0 Å². The van der Waals surface area contributed by atoms with E-state index in [0.29, 0.717) is 0 Å². The number of methoxy groups -OCH3 is 1. The maximum Gasteiger partial charge on any atom is 0.150 e. The SMILES string of the molecule is COc1ccc(CN2CCN(c3nc4ccccc4nc3C)CC2)cc1. The van der Waals surface area contributed by atoms with Gasteiger partial charge in [-0.25, -0.2) is 9.97 Å². The molecule has 0 radical (unpaired) electrons. The molecule has 0 amide bonds. The number of hydrogen-bond donors (Lipinski definition) is 0. The van der Waals surface area contributed by atoms with E-state index in [-0.39, 0.29) is 0 Å². The number of anilines is 1. The number of benzene rings is 2. The lowest BCUT2D eigenvalue weighted by molar-refractivity contribution is 0.249. The zero-order valence-corrected chi connectivity index (χ0v) is 15.4. The molecule has 1 aromatic heterocycles. The molecule has 4 rings (SSSR count). The third kappa shape index (κ3) is 3.48. The van der Waals surface area contributed by atoms with Crippen molar-refractivity contribution in [1.82, 2.24) is 14.9 Å². The van der Waals surface area contributed by atoms with Crippen LogP contribution < -0.4 is 9.64 Å². The number of hydrogen-bond acceptors (Lipinski definition) is 5. The first-order chi connectivity index (χ1) is 12.7. The van der Waals surface area contributed by atoms with Gasteiger partial charge in [-0.2, -0.15) is 0 Å². The molecule has 1 aliphatic rings. The Kier molecular flexibility index (Phi) is 4.71. The molecule has 1 aliphatic heterocycles. The maximum atomic E-state index is 5.23. The number of rotatable bonds is 4. The molecule has 0 spiro atoms. The monoisotopic (exact) mass is 348 g/mol. The normalized spacial score (nSPS) is 15.4. The quantitative estimate of drug-likeness (QED) is 0.724. The van der Waals surface area contributed by atoms with Gasteiger partial charge in [0.2, 0.25) is 0 Å². The molecular weight excluding hydrogens is 324 g/mol. The van der Waals surface area contributed by atoms with E-state index in [2.05, 4.69) is 28.9 Å². The van der Waals surface area contributed by atoms with E-state index in [9.17, 15) is 0 Å². The largest absolute Gasteiger partial charge is 0.497 e. The molecule has 1 fully saturated rings. The molecule has 134 valence electrons. The minimum Gasteiger partial charge on any atom is -0.497 e. The number of piperazine rings is 1. The zero-order chi connectivity index (χ0) is 17.9. The fourth-order valence-electron chi connectivity index (χ4n) is 3.49. The first-order valence-electron chi connectivity index (χ1n) is 9.06. The van der Waals surface area contributed by atoms with Gasteiger partial charge in [-0.3, -0.25) is 4.90 Å². The zero-order valence-electron chi connectivity index (χ0n) is 15.4. The summed E-state index contributed by atoms with van der Waals surface area (Å²) in [5.41, 5.74) is 4.26. The second-order valence-electron chi connectivity index (χ2n) is 6.73. The Morgan fingerprint density at radius 2 is 1.54 bits per heavy atom. The van der Waals surface area contributed by atoms with Gasteiger partial charge in [0, 0.05) is 32.7 Å². The second-order valence-corrected chi connectivity index (χ2v) is 6.73. The Morgan fingerprint density at radius 1 is 0.885 bits per heavy atom. The summed E-state index contributed by atoms with van der Waals surface area (Å²) in [4.78, 5) is 14.4. The fraction of sp³-hybridized carbons (Fsp3) is 0.333. The molecule has 3 aromatic rings. The predicted octanol–water partition coefficient (Wildman–Crippen LogP) is 3.27. The van der Waals surface area contributed by atoms with Crippen LogP contribution in [-0.4, -0.2) is 48.2 Å². The third-order valence-corrected chi connectivity index (χ3v) is 4.96. The second kappa shape index (κ2) is 7.30. The van der Waals surface area contributed by atoms with E-state index in [1.807, 2.05) is 36.4 Å². The first kappa shape index (κ1) is 16.8. The van der Waals surface area contributed by atoms with Gasteiger partial charge in [-0.05, 0) is 36.8 Å². The van der Waals surface area contributed by atoms with Crippen LogP contribution in [0.3, 0.4) is 0 Å². The Hall–Kier alpha value is -2.66. The number of ether oxygens (including phenoxy) is 1. The van der Waals surface area contributed by atoms with Crippen LogP contribution in [0.15, 0.2) is 48.5 Å². The van der Waals surface area contributed by atoms with Crippen molar-refractivity contribution in [3.05, 3.63) is 59.8 Å². The number of aromatic nitrogens is 2. The van der Waals surface area contributed by atoms with Gasteiger partial charge in [0.15, 0.2) is 5.82 Å². The average molecular weight is 348 g/mol. The summed E-state index contributed by atoms with van der Waals surface area (Å²) in [7, 11) is 1.70. The highest BCUT2D eigenvalue weighted by Gasteiger charge is 2.20. The van der Waals surface area contributed by atoms with Gasteiger partial charge < -0.3 is 9.64 Å². The summed E-state index contributed by atoms with van der Waals surface area (Å²) in [6.07, 6.45) is 0. The summed E-state index contributed by atoms with van der Waals surface area (Å²) in [5, 5.41) is 0. The van der Waals surface area contributed by atoms with Crippen molar-refractivity contribution in [3.8, 4) is 5.75 Å². The van der Waals surface area contributed by atoms with Crippen molar-refractivity contribution in [2.75, 3.05) is 38.2 Å². The Balaban J connectivity index is 1.42. The highest BCUT2D eigenvalue weighted by Crippen LogP contribution is 2.22. The predicted molar refractivity (Wildman–Crippen MR) is 105 cm³/mol. The molecule has 0 aliphatic carbocycles. The highest BCUT2D eigenvalue weighted by molar-refractivity contribution is 5.76. The van der Waals surface area contributed by atoms with E-state index in [4.69, 9.17) is 14.7 Å². The van der Waals surface area contributed by atoms with Crippen molar-refractivity contribution >= 4 is 16.9 Å². The number of para-hydroxylation sites is 2. The first-order valence-corrected chi connectivity index (χ1v) is 9.06. The van der Waals surface area contributed by atoms with E-state index in [0.717, 1.165) is 61.0 Å². The molecule has 0 N–H and O–H groups in total. The van der Waals surface area contributed by atoms with Crippen LogP contribution >= 0.6 is 0 Å². The molecule has 0 saturated carbocycles. The van der Waals surface area contributed by atoms with Crippen LogP contribution in [0.2, 0.25) is 0 Å². The molecule has 0 atom stereocenters. The van der Waals surface area contributed by atoms with Crippen LogP contribution in [0.4, 0.5) is 5.82 Å². The summed E-state index contributed by atoms with van der Waals surface area (Å²) >= 11 is 0. The lowest BCUT2D eigenvalue weighted by Gasteiger charge is -2.36. The lowest BCUT2D eigenvalue weighted by Crippen LogP contribution is -2.46. The van der Waals surface area contributed by atoms with E-state index in [1.54, 1.807) is 7.11 Å². The Labute approximate surface area is 154 Å².